The Balaban J connectivity index is 2.18. The van der Waals surface area contributed by atoms with E-state index in [1.54, 1.807) is 24.3 Å². The zero-order valence-corrected chi connectivity index (χ0v) is 14.3. The maximum absolute atomic E-state index is 12.2. The smallest absolute Gasteiger partial charge is 0.271 e. The molecule has 1 unspecified atom stereocenters. The second-order valence-electron chi connectivity index (χ2n) is 4.30. The monoisotopic (exact) mass is 374 g/mol. The lowest BCUT2D eigenvalue weighted by Crippen LogP contribution is -2.13. The van der Waals surface area contributed by atoms with Crippen LogP contribution in [0.15, 0.2) is 44.4 Å². The summed E-state index contributed by atoms with van der Waals surface area (Å²) in [7, 11) is -1.62. The number of sulfonamides is 1. The molecule has 108 valence electrons. The number of hydrogen-bond donors (Lipinski definition) is 2. The van der Waals surface area contributed by atoms with Crippen LogP contribution in [0.25, 0.3) is 0 Å². The number of benzene rings is 1. The summed E-state index contributed by atoms with van der Waals surface area (Å²) in [6.07, 6.45) is 0. The number of halogens is 1. The predicted molar refractivity (Wildman–Crippen MR) is 86.7 cm³/mol. The average Bonchev–Trinajstić information content (AvgIpc) is 2.86. The Bertz CT molecular complexity index is 681. The van der Waals surface area contributed by atoms with Gasteiger partial charge in [0.2, 0.25) is 0 Å². The quantitative estimate of drug-likeness (QED) is 0.840. The van der Waals surface area contributed by atoms with Gasteiger partial charge in [0.15, 0.2) is 0 Å². The lowest BCUT2D eigenvalue weighted by molar-refractivity contribution is 0.603. The third-order valence-electron chi connectivity index (χ3n) is 2.91. The van der Waals surface area contributed by atoms with E-state index in [0.29, 0.717) is 5.69 Å². The van der Waals surface area contributed by atoms with Gasteiger partial charge in [-0.15, -0.1) is 11.3 Å². The zero-order chi connectivity index (χ0) is 14.8. The zero-order valence-electron chi connectivity index (χ0n) is 11.1. The Kier molecular flexibility index (Phi) is 4.85. The summed E-state index contributed by atoms with van der Waals surface area (Å²) in [6.45, 7) is 2.04. The predicted octanol–water partition coefficient (Wildman–Crippen LogP) is 3.59. The first kappa shape index (κ1) is 15.5. The first-order valence-electron chi connectivity index (χ1n) is 5.98. The molecule has 7 heteroatoms. The first-order chi connectivity index (χ1) is 9.42. The van der Waals surface area contributed by atoms with Crippen molar-refractivity contribution in [3.63, 3.8) is 0 Å². The van der Waals surface area contributed by atoms with Gasteiger partial charge in [0.25, 0.3) is 10.0 Å². The number of thiophene rings is 1. The molecule has 0 saturated heterocycles. The average molecular weight is 375 g/mol. The summed E-state index contributed by atoms with van der Waals surface area (Å²) in [5.74, 6) is 0. The summed E-state index contributed by atoms with van der Waals surface area (Å²) >= 11 is 4.44. The molecule has 0 aliphatic carbocycles. The minimum atomic E-state index is -3.51. The fourth-order valence-electron chi connectivity index (χ4n) is 1.65. The van der Waals surface area contributed by atoms with E-state index in [0.717, 1.165) is 9.35 Å². The van der Waals surface area contributed by atoms with E-state index in [4.69, 9.17) is 0 Å². The molecule has 0 aliphatic rings. The van der Waals surface area contributed by atoms with Crippen LogP contribution in [0.2, 0.25) is 0 Å². The third kappa shape index (κ3) is 3.60. The van der Waals surface area contributed by atoms with Crippen molar-refractivity contribution in [3.8, 4) is 0 Å². The van der Waals surface area contributed by atoms with E-state index in [2.05, 4.69) is 26.0 Å². The summed E-state index contributed by atoms with van der Waals surface area (Å²) < 4.78 is 28.0. The van der Waals surface area contributed by atoms with Gasteiger partial charge in [-0.05, 0) is 59.7 Å². The second kappa shape index (κ2) is 6.26. The Hall–Kier alpha value is -0.890. The molecule has 20 heavy (non-hydrogen) atoms. The normalized spacial score (nSPS) is 13.2. The van der Waals surface area contributed by atoms with Crippen molar-refractivity contribution in [2.75, 3.05) is 11.8 Å². The SMILES string of the molecule is CNC(C)c1ccc(NS(=O)(=O)c2ccc(Br)s2)cc1. The van der Waals surface area contributed by atoms with Crippen molar-refractivity contribution < 1.29 is 8.42 Å². The van der Waals surface area contributed by atoms with Gasteiger partial charge in [0.05, 0.1) is 3.79 Å². The maximum atomic E-state index is 12.2. The summed E-state index contributed by atoms with van der Waals surface area (Å²) in [5.41, 5.74) is 1.66. The third-order valence-corrected chi connectivity index (χ3v) is 6.41. The van der Waals surface area contributed by atoms with Gasteiger partial charge >= 0.3 is 0 Å². The van der Waals surface area contributed by atoms with E-state index in [9.17, 15) is 8.42 Å². The van der Waals surface area contributed by atoms with E-state index in [1.807, 2.05) is 26.1 Å². The van der Waals surface area contributed by atoms with Crippen LogP contribution in [-0.2, 0) is 10.0 Å². The van der Waals surface area contributed by atoms with Gasteiger partial charge in [0, 0.05) is 11.7 Å². The van der Waals surface area contributed by atoms with Gasteiger partial charge in [-0.1, -0.05) is 12.1 Å². The van der Waals surface area contributed by atoms with Crippen LogP contribution < -0.4 is 10.0 Å². The highest BCUT2D eigenvalue weighted by molar-refractivity contribution is 9.11. The van der Waals surface area contributed by atoms with Gasteiger partial charge in [0.1, 0.15) is 4.21 Å². The van der Waals surface area contributed by atoms with Gasteiger partial charge in [-0.2, -0.15) is 0 Å². The van der Waals surface area contributed by atoms with E-state index < -0.39 is 10.0 Å². The highest BCUT2D eigenvalue weighted by atomic mass is 79.9. The number of hydrogen-bond acceptors (Lipinski definition) is 4. The fraction of sp³-hybridized carbons (Fsp3) is 0.231. The van der Waals surface area contributed by atoms with E-state index in [-0.39, 0.29) is 10.3 Å². The molecule has 2 aromatic rings. The van der Waals surface area contributed by atoms with Gasteiger partial charge in [-0.3, -0.25) is 4.72 Å². The van der Waals surface area contributed by atoms with Crippen molar-refractivity contribution in [3.05, 3.63) is 45.7 Å². The Morgan fingerprint density at radius 1 is 1.15 bits per heavy atom. The van der Waals surface area contributed by atoms with Crippen LogP contribution in [0.4, 0.5) is 5.69 Å². The molecular weight excluding hydrogens is 360 g/mol. The molecule has 1 heterocycles. The van der Waals surface area contributed by atoms with E-state index >= 15 is 0 Å². The molecule has 1 atom stereocenters. The topological polar surface area (TPSA) is 58.2 Å². The molecule has 0 saturated carbocycles. The molecule has 0 aliphatic heterocycles. The lowest BCUT2D eigenvalue weighted by Gasteiger charge is -2.12. The summed E-state index contributed by atoms with van der Waals surface area (Å²) in [5, 5.41) is 3.14. The first-order valence-corrected chi connectivity index (χ1v) is 9.07. The van der Waals surface area contributed by atoms with Crippen LogP contribution in [0.5, 0.6) is 0 Å². The van der Waals surface area contributed by atoms with Crippen molar-refractivity contribution >= 4 is 43.0 Å². The Morgan fingerprint density at radius 3 is 2.30 bits per heavy atom. The molecule has 1 aromatic heterocycles. The molecule has 0 bridgehead atoms. The highest BCUT2D eigenvalue weighted by Crippen LogP contribution is 2.27. The molecule has 0 radical (unpaired) electrons. The molecule has 2 N–H and O–H groups in total. The van der Waals surface area contributed by atoms with Crippen LogP contribution in [0.1, 0.15) is 18.5 Å². The Morgan fingerprint density at radius 2 is 1.80 bits per heavy atom. The van der Waals surface area contributed by atoms with Crippen LogP contribution in [0, 0.1) is 0 Å². The number of nitrogens with one attached hydrogen (secondary N) is 2. The minimum Gasteiger partial charge on any atom is -0.313 e. The lowest BCUT2D eigenvalue weighted by atomic mass is 10.1. The molecular formula is C13H15BrN2O2S2. The molecule has 4 nitrogen and oxygen atoms in total. The van der Waals surface area contributed by atoms with Crippen molar-refractivity contribution in [2.24, 2.45) is 0 Å². The standard InChI is InChI=1S/C13H15BrN2O2S2/c1-9(15-2)10-3-5-11(6-4-10)16-20(17,18)13-8-7-12(14)19-13/h3-9,15-16H,1-2H3. The van der Waals surface area contributed by atoms with Crippen LogP contribution >= 0.6 is 27.3 Å². The summed E-state index contributed by atoms with van der Waals surface area (Å²) in [4.78, 5) is 0. The maximum Gasteiger partial charge on any atom is 0.271 e. The molecule has 1 aromatic carbocycles. The highest BCUT2D eigenvalue weighted by Gasteiger charge is 2.16. The van der Waals surface area contributed by atoms with Crippen molar-refractivity contribution in [1.82, 2.24) is 5.32 Å². The number of rotatable bonds is 5. The van der Waals surface area contributed by atoms with Gasteiger partial charge in [-0.25, -0.2) is 8.42 Å². The van der Waals surface area contributed by atoms with Crippen LogP contribution in [-0.4, -0.2) is 15.5 Å². The molecule has 0 fully saturated rings. The fourth-order valence-corrected chi connectivity index (χ4v) is 4.72. The molecule has 0 spiro atoms. The van der Waals surface area contributed by atoms with E-state index in [1.165, 1.54) is 11.3 Å². The van der Waals surface area contributed by atoms with Crippen LogP contribution in [0.3, 0.4) is 0 Å². The van der Waals surface area contributed by atoms with Crippen molar-refractivity contribution in [2.45, 2.75) is 17.2 Å². The minimum absolute atomic E-state index is 0.230. The second-order valence-corrected chi connectivity index (χ2v) is 8.67. The molecule has 2 rings (SSSR count). The van der Waals surface area contributed by atoms with Gasteiger partial charge < -0.3 is 5.32 Å². The largest absolute Gasteiger partial charge is 0.313 e. The number of anilines is 1. The molecule has 0 amide bonds. The van der Waals surface area contributed by atoms with Crippen molar-refractivity contribution in [1.29, 1.82) is 0 Å². The summed E-state index contributed by atoms with van der Waals surface area (Å²) in [6, 6.07) is 10.9. The Labute approximate surface area is 131 Å².